The lowest BCUT2D eigenvalue weighted by Gasteiger charge is -2.21. The number of amides is 2. The molecule has 2 aliphatic rings. The molecule has 162 valence electrons. The van der Waals surface area contributed by atoms with Crippen LogP contribution in [0.4, 0.5) is 0 Å². The van der Waals surface area contributed by atoms with Gasteiger partial charge in [0.25, 0.3) is 11.8 Å². The molecule has 7 nitrogen and oxygen atoms in total. The average molecular weight is 458 g/mol. The summed E-state index contributed by atoms with van der Waals surface area (Å²) in [7, 11) is 2.08. The lowest BCUT2D eigenvalue weighted by molar-refractivity contribution is 0.0889. The van der Waals surface area contributed by atoms with Crippen LogP contribution < -0.4 is 10.6 Å². The molecule has 2 aromatic heterocycles. The van der Waals surface area contributed by atoms with Gasteiger partial charge in [-0.15, -0.1) is 11.3 Å². The van der Waals surface area contributed by atoms with Crippen molar-refractivity contribution >= 4 is 45.7 Å². The Morgan fingerprint density at radius 2 is 1.97 bits per heavy atom. The van der Waals surface area contributed by atoms with Crippen molar-refractivity contribution in [1.82, 2.24) is 25.5 Å². The highest BCUT2D eigenvalue weighted by molar-refractivity contribution is 7.13. The number of rotatable bonds is 4. The van der Waals surface area contributed by atoms with Gasteiger partial charge in [-0.25, -0.2) is 4.98 Å². The average Bonchev–Trinajstić information content (AvgIpc) is 3.45. The normalized spacial score (nSPS) is 21.2. The molecule has 1 aliphatic carbocycles. The van der Waals surface area contributed by atoms with Gasteiger partial charge in [0.05, 0.1) is 5.69 Å². The smallest absolute Gasteiger partial charge is 0.280 e. The number of carbonyl (C=O) groups is 2. The third kappa shape index (κ3) is 4.20. The molecule has 3 heterocycles. The molecule has 0 spiro atoms. The molecule has 1 saturated carbocycles. The number of hydrogen-bond acceptors (Lipinski definition) is 5. The fourth-order valence-electron chi connectivity index (χ4n) is 4.43. The first-order chi connectivity index (χ1) is 15.0. The summed E-state index contributed by atoms with van der Waals surface area (Å²) < 4.78 is 0. The minimum absolute atomic E-state index is 0.0983. The molecular formula is C22H24ClN5O2S. The van der Waals surface area contributed by atoms with Gasteiger partial charge in [-0.1, -0.05) is 11.6 Å². The summed E-state index contributed by atoms with van der Waals surface area (Å²) in [6.45, 7) is 1.81. The van der Waals surface area contributed by atoms with Gasteiger partial charge in [0.2, 0.25) is 0 Å². The van der Waals surface area contributed by atoms with Crippen molar-refractivity contribution < 1.29 is 9.59 Å². The highest BCUT2D eigenvalue weighted by Gasteiger charge is 2.32. The zero-order valence-electron chi connectivity index (χ0n) is 17.2. The number of fused-ring (bicyclic) bond motifs is 2. The number of carbonyl (C=O) groups excluding carboxylic acids is 2. The SMILES string of the molecule is CN1CCc2nc(C(=O)N[C@H]3CCC[C@H]3NC(=O)c3cc4cc(Cl)ccc4[nH]3)sc2C1. The molecule has 0 radical (unpaired) electrons. The number of benzene rings is 1. The van der Waals surface area contributed by atoms with E-state index in [4.69, 9.17) is 11.6 Å². The van der Waals surface area contributed by atoms with Gasteiger partial charge in [-0.05, 0) is 50.6 Å². The van der Waals surface area contributed by atoms with Crippen LogP contribution >= 0.6 is 22.9 Å². The number of nitrogens with one attached hydrogen (secondary N) is 3. The first-order valence-electron chi connectivity index (χ1n) is 10.5. The minimum Gasteiger partial charge on any atom is -0.351 e. The van der Waals surface area contributed by atoms with E-state index in [0.717, 1.165) is 55.4 Å². The number of likely N-dealkylation sites (N-methyl/N-ethyl adjacent to an activating group) is 1. The lowest BCUT2D eigenvalue weighted by atomic mass is 10.1. The topological polar surface area (TPSA) is 90.1 Å². The second kappa shape index (κ2) is 8.26. The fraction of sp³-hybridized carbons (Fsp3) is 0.409. The molecule has 1 aromatic carbocycles. The van der Waals surface area contributed by atoms with Gasteiger partial charge in [-0.3, -0.25) is 9.59 Å². The number of nitrogens with zero attached hydrogens (tertiary/aromatic N) is 2. The third-order valence-corrected chi connectivity index (χ3v) is 7.41. The van der Waals surface area contributed by atoms with Crippen molar-refractivity contribution in [3.8, 4) is 0 Å². The second-order valence-electron chi connectivity index (χ2n) is 8.38. The summed E-state index contributed by atoms with van der Waals surface area (Å²) in [6.07, 6.45) is 3.51. The minimum atomic E-state index is -0.175. The van der Waals surface area contributed by atoms with E-state index in [1.54, 1.807) is 12.1 Å². The van der Waals surface area contributed by atoms with E-state index in [1.165, 1.54) is 16.2 Å². The van der Waals surface area contributed by atoms with E-state index in [0.29, 0.717) is 15.7 Å². The van der Waals surface area contributed by atoms with Crippen LogP contribution in [0.5, 0.6) is 0 Å². The van der Waals surface area contributed by atoms with Crippen LogP contribution in [0.3, 0.4) is 0 Å². The zero-order chi connectivity index (χ0) is 21.5. The lowest BCUT2D eigenvalue weighted by Crippen LogP contribution is -2.48. The van der Waals surface area contributed by atoms with Crippen LogP contribution in [-0.2, 0) is 13.0 Å². The summed E-state index contributed by atoms with van der Waals surface area (Å²) in [5.41, 5.74) is 2.40. The molecule has 0 bridgehead atoms. The highest BCUT2D eigenvalue weighted by atomic mass is 35.5. The number of hydrogen-bond donors (Lipinski definition) is 3. The van der Waals surface area contributed by atoms with Crippen molar-refractivity contribution in [2.75, 3.05) is 13.6 Å². The molecule has 3 N–H and O–H groups in total. The van der Waals surface area contributed by atoms with Gasteiger partial charge in [-0.2, -0.15) is 0 Å². The predicted octanol–water partition coefficient (Wildman–Crippen LogP) is 3.35. The van der Waals surface area contributed by atoms with Gasteiger partial charge in [0.15, 0.2) is 5.01 Å². The second-order valence-corrected chi connectivity index (χ2v) is 9.90. The predicted molar refractivity (Wildman–Crippen MR) is 122 cm³/mol. The third-order valence-electron chi connectivity index (χ3n) is 6.09. The molecule has 1 aliphatic heterocycles. The van der Waals surface area contributed by atoms with Crippen molar-refractivity contribution in [3.63, 3.8) is 0 Å². The number of thiazole rings is 1. The molecule has 5 rings (SSSR count). The van der Waals surface area contributed by atoms with Crippen molar-refractivity contribution in [3.05, 3.63) is 50.6 Å². The Morgan fingerprint density at radius 1 is 1.19 bits per heavy atom. The number of halogens is 1. The molecule has 2 amide bonds. The standard InChI is InChI=1S/C22H24ClN5O2S/c1-28-8-7-17-19(11-28)31-22(27-17)21(30)26-16-4-2-3-15(16)25-20(29)18-10-12-9-13(23)5-6-14(12)24-18/h5-6,9-10,15-16,24H,2-4,7-8,11H2,1H3,(H,25,29)(H,26,30)/t15-,16+/m1/s1. The largest absolute Gasteiger partial charge is 0.351 e. The molecule has 0 saturated heterocycles. The molecular weight excluding hydrogens is 434 g/mol. The number of H-pyrrole nitrogens is 1. The van der Waals surface area contributed by atoms with Crippen LogP contribution in [0.15, 0.2) is 24.3 Å². The van der Waals surface area contributed by atoms with Crippen LogP contribution in [0.25, 0.3) is 10.9 Å². The van der Waals surface area contributed by atoms with Gasteiger partial charge in [0, 0.05) is 52.4 Å². The van der Waals surface area contributed by atoms with E-state index in [2.05, 4.69) is 32.5 Å². The molecule has 1 fully saturated rings. The first kappa shape index (κ1) is 20.5. The monoisotopic (exact) mass is 457 g/mol. The van der Waals surface area contributed by atoms with Crippen molar-refractivity contribution in [1.29, 1.82) is 0 Å². The van der Waals surface area contributed by atoms with Crippen LogP contribution in [0, 0.1) is 0 Å². The highest BCUT2D eigenvalue weighted by Crippen LogP contribution is 2.26. The van der Waals surface area contributed by atoms with E-state index in [-0.39, 0.29) is 23.9 Å². The van der Waals surface area contributed by atoms with Crippen LogP contribution in [0.2, 0.25) is 5.02 Å². The van der Waals surface area contributed by atoms with Crippen molar-refractivity contribution in [2.24, 2.45) is 0 Å². The summed E-state index contributed by atoms with van der Waals surface area (Å²) in [5.74, 6) is -0.320. The van der Waals surface area contributed by atoms with Crippen LogP contribution in [0.1, 0.15) is 50.1 Å². The van der Waals surface area contributed by atoms with Crippen LogP contribution in [-0.4, -0.2) is 52.4 Å². The molecule has 0 unspecified atom stereocenters. The van der Waals surface area contributed by atoms with E-state index >= 15 is 0 Å². The Bertz CT molecular complexity index is 1160. The quantitative estimate of drug-likeness (QED) is 0.560. The maximum atomic E-state index is 12.8. The van der Waals surface area contributed by atoms with Crippen molar-refractivity contribution in [2.45, 2.75) is 44.3 Å². The molecule has 3 aromatic rings. The fourth-order valence-corrected chi connectivity index (χ4v) is 5.70. The molecule has 31 heavy (non-hydrogen) atoms. The maximum absolute atomic E-state index is 12.8. The molecule has 2 atom stereocenters. The summed E-state index contributed by atoms with van der Waals surface area (Å²) in [6, 6.07) is 7.08. The Labute approximate surface area is 189 Å². The van der Waals surface area contributed by atoms with Gasteiger partial charge in [0.1, 0.15) is 5.69 Å². The summed E-state index contributed by atoms with van der Waals surface area (Å²) in [5, 5.41) is 8.25. The Morgan fingerprint density at radius 3 is 2.77 bits per heavy atom. The number of aromatic nitrogens is 2. The van der Waals surface area contributed by atoms with E-state index < -0.39 is 0 Å². The summed E-state index contributed by atoms with van der Waals surface area (Å²) >= 11 is 7.52. The molecule has 9 heteroatoms. The Balaban J connectivity index is 1.25. The Hall–Kier alpha value is -2.42. The first-order valence-corrected chi connectivity index (χ1v) is 11.7. The van der Waals surface area contributed by atoms with Gasteiger partial charge >= 0.3 is 0 Å². The Kier molecular flexibility index (Phi) is 5.45. The van der Waals surface area contributed by atoms with E-state index in [9.17, 15) is 9.59 Å². The maximum Gasteiger partial charge on any atom is 0.280 e. The van der Waals surface area contributed by atoms with Gasteiger partial charge < -0.3 is 20.5 Å². The number of aromatic amines is 1. The van der Waals surface area contributed by atoms with E-state index in [1.807, 2.05) is 12.1 Å². The summed E-state index contributed by atoms with van der Waals surface area (Å²) in [4.78, 5) is 36.8. The zero-order valence-corrected chi connectivity index (χ0v) is 18.8.